The van der Waals surface area contributed by atoms with E-state index in [4.69, 9.17) is 9.47 Å². The first-order valence-electron chi connectivity index (χ1n) is 11.2. The molecule has 0 bridgehead atoms. The molecule has 1 aromatic rings. The van der Waals surface area contributed by atoms with Gasteiger partial charge in [0.25, 0.3) is 0 Å². The molecule has 0 aliphatic carbocycles. The van der Waals surface area contributed by atoms with E-state index in [1.165, 1.54) is 0 Å². The highest BCUT2D eigenvalue weighted by Crippen LogP contribution is 2.15. The minimum absolute atomic E-state index is 0.0358. The third-order valence-corrected chi connectivity index (χ3v) is 5.39. The average Bonchev–Trinajstić information content (AvgIpc) is 2.78. The molecular weight excluding hydrogens is 412 g/mol. The van der Waals surface area contributed by atoms with Crippen LogP contribution in [0.15, 0.2) is 24.3 Å². The van der Waals surface area contributed by atoms with E-state index in [1.54, 1.807) is 23.8 Å². The van der Waals surface area contributed by atoms with Crippen molar-refractivity contribution in [3.63, 3.8) is 0 Å². The number of anilines is 1. The molecule has 0 spiro atoms. The third kappa shape index (κ3) is 8.57. The number of benzene rings is 1. The van der Waals surface area contributed by atoms with Crippen LogP contribution in [0.1, 0.15) is 19.4 Å². The Balaban J connectivity index is 1.79. The Morgan fingerprint density at radius 3 is 2.44 bits per heavy atom. The number of hydrogen-bond donors (Lipinski definition) is 1. The summed E-state index contributed by atoms with van der Waals surface area (Å²) in [4.78, 5) is 42.6. The fraction of sp³-hybridized carbons (Fsp3) is 0.609. The summed E-state index contributed by atoms with van der Waals surface area (Å²) in [5, 5.41) is 2.99. The van der Waals surface area contributed by atoms with Gasteiger partial charge in [0.2, 0.25) is 11.8 Å². The van der Waals surface area contributed by atoms with Crippen molar-refractivity contribution < 1.29 is 23.9 Å². The lowest BCUT2D eigenvalue weighted by molar-refractivity contribution is -0.145. The van der Waals surface area contributed by atoms with Crippen LogP contribution < -0.4 is 5.32 Å². The van der Waals surface area contributed by atoms with Gasteiger partial charge in [0.05, 0.1) is 32.8 Å². The van der Waals surface area contributed by atoms with Gasteiger partial charge >= 0.3 is 5.97 Å². The molecule has 1 N–H and O–H groups in total. The molecule has 1 saturated heterocycles. The highest BCUT2D eigenvalue weighted by molar-refractivity contribution is 5.93. The van der Waals surface area contributed by atoms with Gasteiger partial charge in [0, 0.05) is 45.5 Å². The van der Waals surface area contributed by atoms with Crippen molar-refractivity contribution in [3.05, 3.63) is 29.8 Å². The van der Waals surface area contributed by atoms with Crippen LogP contribution in [0.4, 0.5) is 5.69 Å². The maximum Gasteiger partial charge on any atom is 0.320 e. The van der Waals surface area contributed by atoms with Gasteiger partial charge in [-0.25, -0.2) is 0 Å². The number of aryl methyl sites for hydroxylation is 1. The summed E-state index contributed by atoms with van der Waals surface area (Å²) in [7, 11) is 1.58. The predicted octanol–water partition coefficient (Wildman–Crippen LogP) is 0.843. The summed E-state index contributed by atoms with van der Waals surface area (Å²) in [6, 6.07) is 7.81. The smallest absolute Gasteiger partial charge is 0.320 e. The summed E-state index contributed by atoms with van der Waals surface area (Å²) in [6.45, 7) is 7.87. The zero-order valence-electron chi connectivity index (χ0n) is 19.5. The quantitative estimate of drug-likeness (QED) is 0.474. The molecule has 9 heteroatoms. The van der Waals surface area contributed by atoms with Gasteiger partial charge in [-0.05, 0) is 25.0 Å². The summed E-state index contributed by atoms with van der Waals surface area (Å²) in [5.41, 5.74) is 1.96. The van der Waals surface area contributed by atoms with Crippen molar-refractivity contribution in [1.29, 1.82) is 0 Å². The number of nitrogens with one attached hydrogen (secondary N) is 1. The highest BCUT2D eigenvalue weighted by Gasteiger charge is 2.24. The predicted molar refractivity (Wildman–Crippen MR) is 122 cm³/mol. The second kappa shape index (κ2) is 13.8. The van der Waals surface area contributed by atoms with Crippen molar-refractivity contribution in [2.24, 2.45) is 0 Å². The van der Waals surface area contributed by atoms with Crippen molar-refractivity contribution >= 4 is 23.5 Å². The molecule has 1 heterocycles. The van der Waals surface area contributed by atoms with E-state index in [0.717, 1.165) is 17.7 Å². The number of piperazine rings is 1. The Labute approximate surface area is 190 Å². The van der Waals surface area contributed by atoms with Crippen molar-refractivity contribution in [3.8, 4) is 0 Å². The number of methoxy groups -OCH3 is 1. The van der Waals surface area contributed by atoms with Crippen LogP contribution in [0.25, 0.3) is 0 Å². The molecule has 2 rings (SSSR count). The summed E-state index contributed by atoms with van der Waals surface area (Å²) in [5.74, 6) is -0.436. The monoisotopic (exact) mass is 448 g/mol. The molecule has 1 fully saturated rings. The SMILES string of the molecule is CCOC(=O)CN(CCOC)CC(=O)N1CCN(CC(=O)Nc2ccccc2CC)CC1. The van der Waals surface area contributed by atoms with Crippen LogP contribution in [-0.2, 0) is 30.3 Å². The van der Waals surface area contributed by atoms with E-state index in [0.29, 0.717) is 52.5 Å². The van der Waals surface area contributed by atoms with Crippen molar-refractivity contribution in [1.82, 2.24) is 14.7 Å². The van der Waals surface area contributed by atoms with Crippen LogP contribution in [-0.4, -0.2) is 105 Å². The van der Waals surface area contributed by atoms with Crippen LogP contribution >= 0.6 is 0 Å². The first kappa shape index (κ1) is 25.8. The van der Waals surface area contributed by atoms with Gasteiger partial charge < -0.3 is 19.7 Å². The largest absolute Gasteiger partial charge is 0.465 e. The van der Waals surface area contributed by atoms with E-state index in [-0.39, 0.29) is 30.9 Å². The van der Waals surface area contributed by atoms with Crippen molar-refractivity contribution in [2.75, 3.05) is 78.0 Å². The second-order valence-corrected chi connectivity index (χ2v) is 7.72. The standard InChI is InChI=1S/C23H36N4O5/c1-4-19-8-6-7-9-20(19)24-21(28)16-25-10-12-27(13-11-25)22(29)17-26(14-15-31-3)18-23(30)32-5-2/h6-9H,4-5,10-18H2,1-3H3,(H,24,28). The third-order valence-electron chi connectivity index (χ3n) is 5.39. The van der Waals surface area contributed by atoms with Crippen LogP contribution in [0.3, 0.4) is 0 Å². The van der Waals surface area contributed by atoms with E-state index < -0.39 is 0 Å². The number of nitrogens with zero attached hydrogens (tertiary/aromatic N) is 3. The molecule has 0 saturated carbocycles. The van der Waals surface area contributed by atoms with Gasteiger partial charge in [0.15, 0.2) is 0 Å². The molecule has 9 nitrogen and oxygen atoms in total. The number of carbonyl (C=O) groups excluding carboxylic acids is 3. The van der Waals surface area contributed by atoms with E-state index in [1.807, 2.05) is 24.3 Å². The number of para-hydroxylation sites is 1. The molecule has 1 aliphatic heterocycles. The number of amides is 2. The topological polar surface area (TPSA) is 91.4 Å². The first-order chi connectivity index (χ1) is 15.5. The van der Waals surface area contributed by atoms with Crippen LogP contribution in [0, 0.1) is 0 Å². The zero-order chi connectivity index (χ0) is 23.3. The maximum atomic E-state index is 12.7. The lowest BCUT2D eigenvalue weighted by atomic mass is 10.1. The maximum absolute atomic E-state index is 12.7. The molecule has 2 amide bonds. The Kier molecular flexibility index (Phi) is 11.1. The lowest BCUT2D eigenvalue weighted by Gasteiger charge is -2.35. The van der Waals surface area contributed by atoms with E-state index >= 15 is 0 Å². The van der Waals surface area contributed by atoms with Crippen LogP contribution in [0.2, 0.25) is 0 Å². The Morgan fingerprint density at radius 2 is 1.78 bits per heavy atom. The van der Waals surface area contributed by atoms with Crippen LogP contribution in [0.5, 0.6) is 0 Å². The fourth-order valence-electron chi connectivity index (χ4n) is 3.61. The molecule has 1 aliphatic rings. The molecule has 178 valence electrons. The number of esters is 1. The van der Waals surface area contributed by atoms with E-state index in [2.05, 4.69) is 17.1 Å². The molecule has 32 heavy (non-hydrogen) atoms. The minimum atomic E-state index is -0.350. The normalized spacial score (nSPS) is 14.4. The molecule has 0 unspecified atom stereocenters. The number of ether oxygens (including phenoxy) is 2. The van der Waals surface area contributed by atoms with Gasteiger partial charge in [-0.15, -0.1) is 0 Å². The second-order valence-electron chi connectivity index (χ2n) is 7.72. The van der Waals surface area contributed by atoms with Gasteiger partial charge in [-0.1, -0.05) is 25.1 Å². The molecule has 0 radical (unpaired) electrons. The lowest BCUT2D eigenvalue weighted by Crippen LogP contribution is -2.53. The summed E-state index contributed by atoms with van der Waals surface area (Å²) in [6.07, 6.45) is 0.856. The van der Waals surface area contributed by atoms with Crippen molar-refractivity contribution in [2.45, 2.75) is 20.3 Å². The number of carbonyl (C=O) groups is 3. The molecular formula is C23H36N4O5. The Morgan fingerprint density at radius 1 is 1.06 bits per heavy atom. The molecule has 0 atom stereocenters. The average molecular weight is 449 g/mol. The fourth-order valence-corrected chi connectivity index (χ4v) is 3.61. The minimum Gasteiger partial charge on any atom is -0.465 e. The van der Waals surface area contributed by atoms with Gasteiger partial charge in [-0.2, -0.15) is 0 Å². The van der Waals surface area contributed by atoms with Gasteiger partial charge in [0.1, 0.15) is 0 Å². The zero-order valence-corrected chi connectivity index (χ0v) is 19.5. The first-order valence-corrected chi connectivity index (χ1v) is 11.2. The summed E-state index contributed by atoms with van der Waals surface area (Å²) < 4.78 is 10.1. The molecule has 0 aromatic heterocycles. The summed E-state index contributed by atoms with van der Waals surface area (Å²) >= 11 is 0. The number of rotatable bonds is 12. The van der Waals surface area contributed by atoms with E-state index in [9.17, 15) is 14.4 Å². The molecule has 1 aromatic carbocycles. The highest BCUT2D eigenvalue weighted by atomic mass is 16.5. The van der Waals surface area contributed by atoms with Gasteiger partial charge in [-0.3, -0.25) is 24.2 Å². The Bertz CT molecular complexity index is 750. The Hall–Kier alpha value is -2.49. The number of hydrogen-bond acceptors (Lipinski definition) is 7.